The van der Waals surface area contributed by atoms with E-state index in [4.69, 9.17) is 11.6 Å². The smallest absolute Gasteiger partial charge is 0.410 e. The summed E-state index contributed by atoms with van der Waals surface area (Å²) in [6.07, 6.45) is 1.04. The first kappa shape index (κ1) is 22.7. The summed E-state index contributed by atoms with van der Waals surface area (Å²) in [6, 6.07) is 5.25. The van der Waals surface area contributed by atoms with Crippen LogP contribution in [0.1, 0.15) is 28.8 Å². The molecule has 0 aliphatic heterocycles. The molecule has 1 atom stereocenters. The minimum absolute atomic E-state index is 0.193. The van der Waals surface area contributed by atoms with E-state index in [2.05, 4.69) is 36.2 Å². The summed E-state index contributed by atoms with van der Waals surface area (Å²) >= 11 is 8.39. The minimum atomic E-state index is -4.09. The van der Waals surface area contributed by atoms with E-state index in [-0.39, 0.29) is 17.5 Å². The second-order valence-electron chi connectivity index (χ2n) is 7.46. The number of alkyl halides is 4. The van der Waals surface area contributed by atoms with Gasteiger partial charge in [0.05, 0.1) is 22.3 Å². The topological polar surface area (TPSA) is 74.0 Å². The summed E-state index contributed by atoms with van der Waals surface area (Å²) < 4.78 is 47.5. The molecular weight excluding hydrogens is 515 g/mol. The zero-order valence-electron chi connectivity index (χ0n) is 17.0. The fourth-order valence-electron chi connectivity index (χ4n) is 3.14. The van der Waals surface area contributed by atoms with Crippen LogP contribution < -0.4 is 10.1 Å². The van der Waals surface area contributed by atoms with Crippen LogP contribution in [0.3, 0.4) is 0 Å². The molecule has 12 heteroatoms. The number of carbonyl (C=O) groups is 1. The van der Waals surface area contributed by atoms with Gasteiger partial charge in [-0.3, -0.25) is 4.79 Å². The number of nitrogens with one attached hydrogen (secondary N) is 1. The molecule has 32 heavy (non-hydrogen) atoms. The Morgan fingerprint density at radius 3 is 2.75 bits per heavy atom. The second-order valence-corrected chi connectivity index (χ2v) is 8.67. The maximum absolute atomic E-state index is 13.6. The summed E-state index contributed by atoms with van der Waals surface area (Å²) in [4.78, 5) is 12.4. The molecule has 1 aliphatic carbocycles. The molecule has 1 unspecified atom stereocenters. The van der Waals surface area contributed by atoms with Crippen molar-refractivity contribution >= 4 is 33.4 Å². The van der Waals surface area contributed by atoms with Gasteiger partial charge in [-0.1, -0.05) is 17.7 Å². The van der Waals surface area contributed by atoms with Gasteiger partial charge in [0.2, 0.25) is 5.88 Å². The highest BCUT2D eigenvalue weighted by atomic mass is 79.9. The lowest BCUT2D eigenvalue weighted by Crippen LogP contribution is -2.32. The van der Waals surface area contributed by atoms with Crippen molar-refractivity contribution in [3.63, 3.8) is 0 Å². The van der Waals surface area contributed by atoms with Crippen LogP contribution in [-0.2, 0) is 7.05 Å². The van der Waals surface area contributed by atoms with E-state index in [0.29, 0.717) is 27.5 Å². The number of hydrogen-bond donors (Lipinski definition) is 1. The summed E-state index contributed by atoms with van der Waals surface area (Å²) in [5.74, 6) is -0.306. The average molecular weight is 533 g/mol. The molecule has 1 aliphatic rings. The summed E-state index contributed by atoms with van der Waals surface area (Å²) in [5.41, 5.74) is 1.97. The molecule has 0 saturated heterocycles. The first-order chi connectivity index (χ1) is 15.1. The van der Waals surface area contributed by atoms with Crippen molar-refractivity contribution in [2.45, 2.75) is 37.0 Å². The first-order valence-corrected chi connectivity index (χ1v) is 10.9. The Hall–Kier alpha value is -2.53. The number of nitrogens with zero attached hydrogens (tertiary/aromatic N) is 4. The van der Waals surface area contributed by atoms with Gasteiger partial charge in [0.1, 0.15) is 0 Å². The van der Waals surface area contributed by atoms with Gasteiger partial charge in [-0.05, 0) is 53.4 Å². The molecular formula is C20H18BrClF3N5O2. The highest BCUT2D eigenvalue weighted by molar-refractivity contribution is 9.09. The molecule has 1 amide bonds. The molecule has 7 nitrogen and oxygen atoms in total. The highest BCUT2D eigenvalue weighted by Gasteiger charge is 2.43. The molecule has 0 bridgehead atoms. The standard InChI is InChI=1S/C20H18BrClF3N5O2/c1-10-17(32-20(24,25)19(21)23)28-29(2)18(10)30-9-12(8-26-30)11-3-6-15(22)14(7-11)16(31)27-13-4-5-13/h3,6-9,13,19H,4-5H2,1-2H3,(H,27,31). The third-order valence-corrected chi connectivity index (χ3v) is 5.81. The minimum Gasteiger partial charge on any atom is -0.410 e. The van der Waals surface area contributed by atoms with Crippen molar-refractivity contribution in [3.05, 3.63) is 46.7 Å². The van der Waals surface area contributed by atoms with Crippen molar-refractivity contribution in [1.29, 1.82) is 0 Å². The van der Waals surface area contributed by atoms with E-state index < -0.39 is 17.1 Å². The molecule has 1 aromatic carbocycles. The number of amides is 1. The fraction of sp³-hybridized carbons (Fsp3) is 0.350. The van der Waals surface area contributed by atoms with Gasteiger partial charge in [-0.25, -0.2) is 13.8 Å². The number of halogens is 5. The molecule has 2 aromatic heterocycles. The number of aromatic nitrogens is 4. The number of aryl methyl sites for hydroxylation is 1. The van der Waals surface area contributed by atoms with Crippen LogP contribution in [0.25, 0.3) is 16.9 Å². The number of benzene rings is 1. The monoisotopic (exact) mass is 531 g/mol. The van der Waals surface area contributed by atoms with Gasteiger partial charge in [-0.15, -0.1) is 5.10 Å². The van der Waals surface area contributed by atoms with Crippen LogP contribution in [0.4, 0.5) is 13.2 Å². The Balaban J connectivity index is 1.63. The average Bonchev–Trinajstić information content (AvgIpc) is 3.32. The molecule has 0 radical (unpaired) electrons. The van der Waals surface area contributed by atoms with Gasteiger partial charge in [0.25, 0.3) is 11.0 Å². The van der Waals surface area contributed by atoms with E-state index in [9.17, 15) is 18.0 Å². The van der Waals surface area contributed by atoms with Crippen molar-refractivity contribution in [2.75, 3.05) is 0 Å². The Labute approximate surface area is 194 Å². The van der Waals surface area contributed by atoms with Crippen LogP contribution in [0.2, 0.25) is 5.02 Å². The molecule has 2 heterocycles. The lowest BCUT2D eigenvalue weighted by molar-refractivity contribution is -0.197. The van der Waals surface area contributed by atoms with Gasteiger partial charge < -0.3 is 10.1 Å². The maximum atomic E-state index is 13.6. The Bertz CT molecular complexity index is 1180. The molecule has 170 valence electrons. The summed E-state index contributed by atoms with van der Waals surface area (Å²) in [5, 5.41) is 8.75. The van der Waals surface area contributed by atoms with Crippen LogP contribution in [-0.4, -0.2) is 42.7 Å². The van der Waals surface area contributed by atoms with Crippen molar-refractivity contribution < 1.29 is 22.7 Å². The van der Waals surface area contributed by atoms with E-state index in [1.54, 1.807) is 30.6 Å². The van der Waals surface area contributed by atoms with Gasteiger partial charge >= 0.3 is 6.11 Å². The van der Waals surface area contributed by atoms with Crippen LogP contribution >= 0.6 is 27.5 Å². The third kappa shape index (κ3) is 4.49. The lowest BCUT2D eigenvalue weighted by atomic mass is 10.1. The van der Waals surface area contributed by atoms with Crippen LogP contribution in [0.15, 0.2) is 30.6 Å². The summed E-state index contributed by atoms with van der Waals surface area (Å²) in [6.45, 7) is 1.51. The molecule has 1 N–H and O–H groups in total. The highest BCUT2D eigenvalue weighted by Crippen LogP contribution is 2.33. The van der Waals surface area contributed by atoms with Crippen LogP contribution in [0, 0.1) is 6.92 Å². The third-order valence-electron chi connectivity index (χ3n) is 4.95. The van der Waals surface area contributed by atoms with E-state index >= 15 is 0 Å². The predicted octanol–water partition coefficient (Wildman–Crippen LogP) is 4.79. The predicted molar refractivity (Wildman–Crippen MR) is 115 cm³/mol. The van der Waals surface area contributed by atoms with Gasteiger partial charge in [0.15, 0.2) is 5.82 Å². The zero-order valence-corrected chi connectivity index (χ0v) is 19.3. The van der Waals surface area contributed by atoms with E-state index in [0.717, 1.165) is 12.8 Å². The zero-order chi connectivity index (χ0) is 23.2. The van der Waals surface area contributed by atoms with Crippen LogP contribution in [0.5, 0.6) is 5.88 Å². The second kappa shape index (κ2) is 8.43. The quantitative estimate of drug-likeness (QED) is 0.444. The number of carbonyl (C=O) groups excluding carboxylic acids is 1. The Morgan fingerprint density at radius 2 is 2.09 bits per heavy atom. The lowest BCUT2D eigenvalue weighted by Gasteiger charge is -2.16. The molecule has 0 spiro atoms. The normalized spacial score (nSPS) is 15.0. The Morgan fingerprint density at radius 1 is 1.38 bits per heavy atom. The van der Waals surface area contributed by atoms with E-state index in [1.165, 1.54) is 23.3 Å². The SMILES string of the molecule is Cc1c(OC(F)(F)C(F)Br)nn(C)c1-n1cc(-c2ccc(Cl)c(C(=O)NC3CC3)c2)cn1. The Kier molecular flexibility index (Phi) is 5.97. The van der Waals surface area contributed by atoms with Gasteiger partial charge in [-0.2, -0.15) is 13.9 Å². The largest absolute Gasteiger partial charge is 0.441 e. The number of rotatable bonds is 7. The van der Waals surface area contributed by atoms with E-state index in [1.807, 2.05) is 0 Å². The molecule has 1 saturated carbocycles. The first-order valence-electron chi connectivity index (χ1n) is 9.61. The fourth-order valence-corrected chi connectivity index (χ4v) is 3.44. The van der Waals surface area contributed by atoms with Crippen molar-refractivity contribution in [3.8, 4) is 22.8 Å². The molecule has 4 rings (SSSR count). The van der Waals surface area contributed by atoms with Crippen molar-refractivity contribution in [2.24, 2.45) is 7.05 Å². The van der Waals surface area contributed by atoms with Crippen molar-refractivity contribution in [1.82, 2.24) is 24.9 Å². The van der Waals surface area contributed by atoms with Gasteiger partial charge in [0, 0.05) is 24.8 Å². The summed E-state index contributed by atoms with van der Waals surface area (Å²) in [7, 11) is 1.53. The molecule has 3 aromatic rings. The number of ether oxygens (including phenoxy) is 1. The maximum Gasteiger partial charge on any atom is 0.441 e. The number of hydrogen-bond acceptors (Lipinski definition) is 4. The molecule has 1 fully saturated rings.